The Kier molecular flexibility index (Phi) is 6.70. The monoisotopic (exact) mass is 531 g/mol. The minimum absolute atomic E-state index is 0.00740. The van der Waals surface area contributed by atoms with Gasteiger partial charge in [0.2, 0.25) is 0 Å². The van der Waals surface area contributed by atoms with Gasteiger partial charge in [0, 0.05) is 31.7 Å². The maximum atomic E-state index is 14.1. The van der Waals surface area contributed by atoms with E-state index in [1.807, 2.05) is 42.5 Å². The first-order valence-electron chi connectivity index (χ1n) is 12.0. The lowest BCUT2D eigenvalue weighted by atomic mass is 9.82. The largest absolute Gasteiger partial charge is 0.507 e. The van der Waals surface area contributed by atoms with Crippen LogP contribution in [0.5, 0.6) is 5.75 Å². The zero-order chi connectivity index (χ0) is 25.7. The van der Waals surface area contributed by atoms with Crippen LogP contribution in [0.2, 0.25) is 0 Å². The summed E-state index contributed by atoms with van der Waals surface area (Å²) in [5.41, 5.74) is 1.99. The fraction of sp³-hybridized carbons (Fsp3) is 0.333. The summed E-state index contributed by atoms with van der Waals surface area (Å²) in [5, 5.41) is 10.5. The molecule has 2 aliphatic heterocycles. The van der Waals surface area contributed by atoms with Crippen LogP contribution >= 0.6 is 22.6 Å². The fourth-order valence-electron chi connectivity index (χ4n) is 5.72. The van der Waals surface area contributed by atoms with E-state index in [9.17, 15) is 18.6 Å². The maximum Gasteiger partial charge on any atom is 0.125 e. The molecule has 1 unspecified atom stereocenters. The molecule has 0 radical (unpaired) electrons. The van der Waals surface area contributed by atoms with E-state index in [2.05, 4.69) is 11.8 Å². The first kappa shape index (κ1) is 25.3. The van der Waals surface area contributed by atoms with Crippen molar-refractivity contribution < 1.29 is 18.6 Å². The van der Waals surface area contributed by atoms with Gasteiger partial charge in [0.1, 0.15) is 17.1 Å². The van der Waals surface area contributed by atoms with Crippen LogP contribution in [0.3, 0.4) is 0 Å². The van der Waals surface area contributed by atoms with Gasteiger partial charge < -0.3 is 5.11 Å². The zero-order valence-electron chi connectivity index (χ0n) is 20.3. The van der Waals surface area contributed by atoms with Crippen LogP contribution in [0, 0.1) is 5.82 Å². The number of hydrogen-bond acceptors (Lipinski definition) is 6. The van der Waals surface area contributed by atoms with E-state index in [0.717, 1.165) is 16.7 Å². The van der Waals surface area contributed by atoms with Crippen molar-refractivity contribution in [3.63, 3.8) is 0 Å². The molecule has 36 heavy (non-hydrogen) atoms. The standard InChI is InChI=1S/C27H31ClFN3O3S/c1-19-17-27(18-30(2)36(34,35)32(27)23-10-6-9-22(29)16-23)13-14-31(19)26(28)21-11-12-25(33)24(15-21)20-7-4-3-5-8-20/h3-12,15-16,19,26,33-35H,13-14,17-18H2,1-2H3/t19-,26?,27+/m0/s1. The highest BCUT2D eigenvalue weighted by Crippen LogP contribution is 2.61. The average Bonchev–Trinajstić information content (AvgIpc) is 3.03. The summed E-state index contributed by atoms with van der Waals surface area (Å²) in [5.74, 6) is -0.218. The summed E-state index contributed by atoms with van der Waals surface area (Å²) in [7, 11) is -1.58. The molecule has 2 fully saturated rings. The third-order valence-corrected chi connectivity index (χ3v) is 9.96. The predicted octanol–water partition coefficient (Wildman–Crippen LogP) is 6.69. The molecule has 3 N–H and O–H groups in total. The van der Waals surface area contributed by atoms with E-state index in [-0.39, 0.29) is 11.8 Å². The normalized spacial score (nSPS) is 26.3. The molecule has 0 bridgehead atoms. The summed E-state index contributed by atoms with van der Waals surface area (Å²) in [4.78, 5) is 2.20. The van der Waals surface area contributed by atoms with Crippen molar-refractivity contribution in [3.8, 4) is 16.9 Å². The van der Waals surface area contributed by atoms with Gasteiger partial charge in [-0.3, -0.25) is 18.3 Å². The van der Waals surface area contributed by atoms with Crippen LogP contribution in [0.4, 0.5) is 10.1 Å². The molecule has 0 amide bonds. The van der Waals surface area contributed by atoms with E-state index in [1.165, 1.54) is 12.1 Å². The molecule has 1 spiro atoms. The highest BCUT2D eigenvalue weighted by atomic mass is 35.5. The molecule has 5 rings (SSSR count). The number of rotatable bonds is 4. The Morgan fingerprint density at radius 2 is 1.81 bits per heavy atom. The quantitative estimate of drug-likeness (QED) is 0.257. The molecule has 3 atom stereocenters. The van der Waals surface area contributed by atoms with Crippen molar-refractivity contribution in [3.05, 3.63) is 84.2 Å². The van der Waals surface area contributed by atoms with E-state index in [4.69, 9.17) is 11.6 Å². The van der Waals surface area contributed by atoms with Crippen molar-refractivity contribution in [1.29, 1.82) is 0 Å². The van der Waals surface area contributed by atoms with Crippen LogP contribution in [0.15, 0.2) is 72.8 Å². The minimum Gasteiger partial charge on any atom is -0.507 e. The number of likely N-dealkylation sites (tertiary alicyclic amines) is 1. The summed E-state index contributed by atoms with van der Waals surface area (Å²) in [6.45, 7) is 3.16. The molecule has 6 nitrogen and oxygen atoms in total. The number of phenols is 1. The topological polar surface area (TPSA) is 70.4 Å². The molecule has 0 aliphatic carbocycles. The second-order valence-corrected chi connectivity index (χ2v) is 12.2. The summed E-state index contributed by atoms with van der Waals surface area (Å²) < 4.78 is 39.5. The third-order valence-electron chi connectivity index (χ3n) is 7.40. The molecule has 0 aromatic heterocycles. The Morgan fingerprint density at radius 3 is 2.50 bits per heavy atom. The summed E-state index contributed by atoms with van der Waals surface area (Å²) in [6, 6.07) is 21.2. The number of anilines is 1. The second kappa shape index (κ2) is 9.52. The Balaban J connectivity index is 1.42. The van der Waals surface area contributed by atoms with E-state index in [0.29, 0.717) is 31.6 Å². The maximum absolute atomic E-state index is 14.1. The first-order chi connectivity index (χ1) is 17.1. The number of piperidine rings is 1. The number of aromatic hydroxyl groups is 1. The molecule has 9 heteroatoms. The summed E-state index contributed by atoms with van der Waals surface area (Å²) >= 11 is 7.02. The second-order valence-electron chi connectivity index (χ2n) is 9.79. The van der Waals surface area contributed by atoms with Crippen molar-refractivity contribution in [2.24, 2.45) is 0 Å². The Labute approximate surface area is 218 Å². The van der Waals surface area contributed by atoms with E-state index >= 15 is 0 Å². The molecular formula is C27H31ClFN3O3S. The van der Waals surface area contributed by atoms with Gasteiger partial charge in [0.15, 0.2) is 0 Å². The lowest BCUT2D eigenvalue weighted by Gasteiger charge is -2.52. The molecular weight excluding hydrogens is 501 g/mol. The lowest BCUT2D eigenvalue weighted by molar-refractivity contribution is 0.0944. The van der Waals surface area contributed by atoms with Crippen molar-refractivity contribution >= 4 is 28.3 Å². The molecule has 3 aromatic rings. The van der Waals surface area contributed by atoms with Gasteiger partial charge in [0.25, 0.3) is 0 Å². The number of alkyl halides is 1. The van der Waals surface area contributed by atoms with Crippen LogP contribution in [0.1, 0.15) is 30.8 Å². The predicted molar refractivity (Wildman–Crippen MR) is 145 cm³/mol. The molecule has 2 aliphatic rings. The Morgan fingerprint density at radius 1 is 1.06 bits per heavy atom. The van der Waals surface area contributed by atoms with E-state index in [1.54, 1.807) is 33.9 Å². The van der Waals surface area contributed by atoms with Gasteiger partial charge in [-0.1, -0.05) is 53.4 Å². The van der Waals surface area contributed by atoms with E-state index < -0.39 is 27.8 Å². The minimum atomic E-state index is -3.28. The molecule has 192 valence electrons. The third kappa shape index (κ3) is 4.36. The zero-order valence-corrected chi connectivity index (χ0v) is 21.8. The molecule has 2 saturated heterocycles. The highest BCUT2D eigenvalue weighted by Gasteiger charge is 2.56. The van der Waals surface area contributed by atoms with Gasteiger partial charge >= 0.3 is 0 Å². The molecule has 0 saturated carbocycles. The van der Waals surface area contributed by atoms with Crippen molar-refractivity contribution in [2.75, 3.05) is 24.4 Å². The Bertz CT molecular complexity index is 1250. The average molecular weight is 532 g/mol. The van der Waals surface area contributed by atoms with Crippen LogP contribution in [-0.2, 0) is 0 Å². The van der Waals surface area contributed by atoms with Crippen molar-refractivity contribution in [2.45, 2.75) is 36.8 Å². The number of hydrogen-bond donors (Lipinski definition) is 3. The van der Waals surface area contributed by atoms with Gasteiger partial charge in [-0.05, 0) is 61.2 Å². The number of nitrogens with zero attached hydrogens (tertiary/aromatic N) is 3. The smallest absolute Gasteiger partial charge is 0.125 e. The number of halogens is 2. The number of likely N-dealkylation sites (N-methyl/N-ethyl adjacent to an activating group) is 1. The number of phenolic OH excluding ortho intramolecular Hbond substituents is 1. The molecule has 2 heterocycles. The van der Waals surface area contributed by atoms with Crippen LogP contribution in [0.25, 0.3) is 11.1 Å². The number of benzene rings is 3. The Hall–Kier alpha value is -2.33. The first-order valence-corrected chi connectivity index (χ1v) is 13.9. The van der Waals surface area contributed by atoms with Gasteiger partial charge in [-0.15, -0.1) is 11.6 Å². The SMILES string of the molecule is C[C@H]1C[C@]2(CCN1C(Cl)c1ccc(O)c(-c3ccccc3)c1)CN(C)S(O)(O)N2c1cccc(F)c1. The fourth-order valence-corrected chi connectivity index (χ4v) is 7.97. The van der Waals surface area contributed by atoms with Crippen LogP contribution in [-0.4, -0.2) is 55.1 Å². The highest BCUT2D eigenvalue weighted by molar-refractivity contribution is 8.23. The summed E-state index contributed by atoms with van der Waals surface area (Å²) in [6.07, 6.45) is 1.25. The van der Waals surface area contributed by atoms with Gasteiger partial charge in [0.05, 0.1) is 11.2 Å². The molecule has 3 aromatic carbocycles. The van der Waals surface area contributed by atoms with Gasteiger partial charge in [-0.2, -0.15) is 4.31 Å². The van der Waals surface area contributed by atoms with Crippen molar-refractivity contribution in [1.82, 2.24) is 9.21 Å². The van der Waals surface area contributed by atoms with Gasteiger partial charge in [-0.25, -0.2) is 4.39 Å². The van der Waals surface area contributed by atoms with Crippen LogP contribution < -0.4 is 4.31 Å². The lowest BCUT2D eigenvalue weighted by Crippen LogP contribution is -2.57.